The first-order valence-corrected chi connectivity index (χ1v) is 10.0. The fraction of sp³-hybridized carbons (Fsp3) is 0.167. The van der Waals surface area contributed by atoms with Crippen molar-refractivity contribution in [1.82, 2.24) is 34.9 Å². The van der Waals surface area contributed by atoms with Gasteiger partial charge in [0.05, 0.1) is 35.5 Å². The minimum atomic E-state index is -4.01. The lowest BCUT2D eigenvalue weighted by atomic mass is 10.1. The number of hydrogen-bond donors (Lipinski definition) is 3. The minimum Gasteiger partial charge on any atom is -0.338 e. The number of pyridine rings is 1. The van der Waals surface area contributed by atoms with Gasteiger partial charge in [-0.1, -0.05) is 0 Å². The topological polar surface area (TPSA) is 153 Å². The molecule has 0 atom stereocenters. The maximum absolute atomic E-state index is 12.5. The van der Waals surface area contributed by atoms with Crippen LogP contribution in [-0.4, -0.2) is 44.1 Å². The van der Waals surface area contributed by atoms with Crippen molar-refractivity contribution in [2.75, 3.05) is 0 Å². The van der Waals surface area contributed by atoms with Gasteiger partial charge in [-0.15, -0.1) is 0 Å². The van der Waals surface area contributed by atoms with Crippen LogP contribution in [-0.2, 0) is 10.0 Å². The molecule has 29 heavy (non-hydrogen) atoms. The first-order chi connectivity index (χ1) is 13.8. The molecule has 0 bridgehead atoms. The molecule has 0 aliphatic rings. The Hall–Kier alpha value is -3.62. The van der Waals surface area contributed by atoms with Crippen molar-refractivity contribution in [2.45, 2.75) is 24.4 Å². The highest BCUT2D eigenvalue weighted by atomic mass is 32.2. The summed E-state index contributed by atoms with van der Waals surface area (Å²) in [6.45, 7) is 2.92. The highest BCUT2D eigenvalue weighted by Crippen LogP contribution is 2.25. The third kappa shape index (κ3) is 3.71. The molecule has 4 rings (SSSR count). The van der Waals surface area contributed by atoms with Gasteiger partial charge < -0.3 is 4.98 Å². The van der Waals surface area contributed by atoms with Gasteiger partial charge in [0.15, 0.2) is 5.03 Å². The van der Waals surface area contributed by atoms with E-state index in [0.717, 1.165) is 23.0 Å². The molecular weight excluding hydrogens is 392 g/mol. The lowest BCUT2D eigenvalue weighted by molar-refractivity contribution is 0.532. The average molecular weight is 408 g/mol. The molecular formula is C18H16N8O2S. The molecule has 0 radical (unpaired) electrons. The summed E-state index contributed by atoms with van der Waals surface area (Å²) >= 11 is 0. The van der Waals surface area contributed by atoms with Gasteiger partial charge in [0, 0.05) is 23.3 Å². The number of nitrogens with one attached hydrogen (secondary N) is 3. The van der Waals surface area contributed by atoms with Gasteiger partial charge in [0.2, 0.25) is 0 Å². The Morgan fingerprint density at radius 1 is 1.17 bits per heavy atom. The largest absolute Gasteiger partial charge is 0.338 e. The van der Waals surface area contributed by atoms with E-state index >= 15 is 0 Å². The average Bonchev–Trinajstić information content (AvgIpc) is 3.36. The van der Waals surface area contributed by atoms with Crippen LogP contribution in [0.25, 0.3) is 33.7 Å². The highest BCUT2D eigenvalue weighted by Gasteiger charge is 2.27. The summed E-state index contributed by atoms with van der Waals surface area (Å²) in [6.07, 6.45) is 5.84. The molecule has 4 heterocycles. The Balaban J connectivity index is 1.71. The zero-order valence-electron chi connectivity index (χ0n) is 15.5. The Bertz CT molecular complexity index is 1330. The summed E-state index contributed by atoms with van der Waals surface area (Å²) < 4.78 is 27.4. The van der Waals surface area contributed by atoms with Gasteiger partial charge in [-0.25, -0.2) is 18.4 Å². The molecule has 0 aliphatic carbocycles. The summed E-state index contributed by atoms with van der Waals surface area (Å²) in [7, 11) is -4.01. The van der Waals surface area contributed by atoms with E-state index in [1.54, 1.807) is 12.4 Å². The number of rotatable bonds is 5. The summed E-state index contributed by atoms with van der Waals surface area (Å²) in [5.74, 6) is 0. The summed E-state index contributed by atoms with van der Waals surface area (Å²) in [5, 5.41) is 16.4. The van der Waals surface area contributed by atoms with Crippen molar-refractivity contribution < 1.29 is 8.42 Å². The van der Waals surface area contributed by atoms with E-state index in [1.165, 1.54) is 20.0 Å². The minimum absolute atomic E-state index is 0.273. The Kier molecular flexibility index (Phi) is 4.37. The van der Waals surface area contributed by atoms with E-state index in [1.807, 2.05) is 24.3 Å². The zero-order chi connectivity index (χ0) is 20.6. The fourth-order valence-corrected chi connectivity index (χ4v) is 3.97. The number of fused-ring (bicyclic) bond motifs is 1. The molecule has 0 spiro atoms. The molecule has 3 N–H and O–H groups in total. The van der Waals surface area contributed by atoms with Crippen molar-refractivity contribution >= 4 is 21.1 Å². The molecule has 0 fully saturated rings. The maximum Gasteiger partial charge on any atom is 0.260 e. The predicted octanol–water partition coefficient (Wildman–Crippen LogP) is 1.99. The van der Waals surface area contributed by atoms with E-state index < -0.39 is 15.6 Å². The van der Waals surface area contributed by atoms with Crippen LogP contribution in [0.5, 0.6) is 0 Å². The molecule has 11 heteroatoms. The number of hydrogen-bond acceptors (Lipinski definition) is 7. The van der Waals surface area contributed by atoms with Crippen molar-refractivity contribution in [1.29, 1.82) is 5.26 Å². The normalized spacial score (nSPS) is 12.2. The molecule has 0 saturated heterocycles. The Morgan fingerprint density at radius 2 is 2.00 bits per heavy atom. The highest BCUT2D eigenvalue weighted by molar-refractivity contribution is 7.89. The molecule has 4 aromatic heterocycles. The van der Waals surface area contributed by atoms with E-state index in [2.05, 4.69) is 34.9 Å². The number of aromatic amines is 2. The predicted molar refractivity (Wildman–Crippen MR) is 105 cm³/mol. The molecule has 0 unspecified atom stereocenters. The summed E-state index contributed by atoms with van der Waals surface area (Å²) in [5.41, 5.74) is 2.01. The second kappa shape index (κ2) is 6.77. The molecule has 0 amide bonds. The number of sulfonamides is 1. The van der Waals surface area contributed by atoms with Crippen molar-refractivity contribution in [3.8, 4) is 28.7 Å². The molecule has 0 aliphatic heterocycles. The van der Waals surface area contributed by atoms with Crippen LogP contribution in [0.3, 0.4) is 0 Å². The van der Waals surface area contributed by atoms with Crippen LogP contribution in [0.2, 0.25) is 0 Å². The summed E-state index contributed by atoms with van der Waals surface area (Å²) in [4.78, 5) is 15.8. The van der Waals surface area contributed by atoms with Crippen LogP contribution in [0.1, 0.15) is 13.8 Å². The molecule has 0 aromatic carbocycles. The standard InChI is InChI=1S/C18H16N8O2S/c1-18(2,10-19)26-29(27,28)16-9-20-8-15(23-16)12-5-11-6-14(13-3-4-22-25-13)24-17(11)21-7-12/h3-9,26H,1-2H3,(H,21,24)(H,22,25). The van der Waals surface area contributed by atoms with Crippen molar-refractivity contribution in [2.24, 2.45) is 0 Å². The number of nitriles is 1. The van der Waals surface area contributed by atoms with Gasteiger partial charge in [0.1, 0.15) is 11.2 Å². The maximum atomic E-state index is 12.5. The second-order valence-corrected chi connectivity index (χ2v) is 8.53. The Labute approximate surface area is 166 Å². The molecule has 146 valence electrons. The number of aromatic nitrogens is 6. The lowest BCUT2D eigenvalue weighted by Crippen LogP contribution is -2.42. The van der Waals surface area contributed by atoms with E-state index in [-0.39, 0.29) is 5.03 Å². The van der Waals surface area contributed by atoms with Gasteiger partial charge >= 0.3 is 0 Å². The first kappa shape index (κ1) is 18.7. The Morgan fingerprint density at radius 3 is 2.72 bits per heavy atom. The van der Waals surface area contributed by atoms with Crippen LogP contribution in [0.15, 0.2) is 48.0 Å². The monoisotopic (exact) mass is 408 g/mol. The quantitative estimate of drug-likeness (QED) is 0.456. The van der Waals surface area contributed by atoms with Gasteiger partial charge in [0.25, 0.3) is 10.0 Å². The van der Waals surface area contributed by atoms with Crippen LogP contribution < -0.4 is 4.72 Å². The van der Waals surface area contributed by atoms with E-state index in [9.17, 15) is 8.42 Å². The smallest absolute Gasteiger partial charge is 0.260 e. The van der Waals surface area contributed by atoms with Gasteiger partial charge in [-0.05, 0) is 32.0 Å². The van der Waals surface area contributed by atoms with Gasteiger partial charge in [-0.3, -0.25) is 10.1 Å². The van der Waals surface area contributed by atoms with Crippen molar-refractivity contribution in [3.63, 3.8) is 0 Å². The number of nitrogens with zero attached hydrogens (tertiary/aromatic N) is 5. The molecule has 10 nitrogen and oxygen atoms in total. The second-order valence-electron chi connectivity index (χ2n) is 6.90. The lowest BCUT2D eigenvalue weighted by Gasteiger charge is -2.17. The van der Waals surface area contributed by atoms with E-state index in [0.29, 0.717) is 16.9 Å². The van der Waals surface area contributed by atoms with Crippen LogP contribution >= 0.6 is 0 Å². The first-order valence-electron chi connectivity index (χ1n) is 8.54. The third-order valence-electron chi connectivity index (χ3n) is 4.11. The number of H-pyrrole nitrogens is 2. The van der Waals surface area contributed by atoms with Crippen molar-refractivity contribution in [3.05, 3.63) is 43.0 Å². The van der Waals surface area contributed by atoms with E-state index in [4.69, 9.17) is 5.26 Å². The summed E-state index contributed by atoms with van der Waals surface area (Å²) in [6, 6.07) is 7.47. The SMILES string of the molecule is CC(C)(C#N)NS(=O)(=O)c1cncc(-c2cnc3[nH]c(-c4ccn[nH]4)cc3c2)n1. The molecule has 4 aromatic rings. The van der Waals surface area contributed by atoms with Crippen LogP contribution in [0, 0.1) is 11.3 Å². The zero-order valence-corrected chi connectivity index (χ0v) is 16.3. The third-order valence-corrected chi connectivity index (χ3v) is 5.64. The molecule has 0 saturated carbocycles. The van der Waals surface area contributed by atoms with Crippen LogP contribution in [0.4, 0.5) is 0 Å². The fourth-order valence-electron chi connectivity index (χ4n) is 2.73. The van der Waals surface area contributed by atoms with Gasteiger partial charge in [-0.2, -0.15) is 15.1 Å².